The highest BCUT2D eigenvalue weighted by Gasteiger charge is 2.16. The van der Waals surface area contributed by atoms with Gasteiger partial charge in [0.25, 0.3) is 0 Å². The van der Waals surface area contributed by atoms with Crippen molar-refractivity contribution in [1.82, 2.24) is 14.9 Å². The number of carboxylic acids is 1. The molecule has 0 aliphatic heterocycles. The summed E-state index contributed by atoms with van der Waals surface area (Å²) in [6.45, 7) is 0.951. The number of rotatable bonds is 6. The van der Waals surface area contributed by atoms with Gasteiger partial charge >= 0.3 is 5.97 Å². The third-order valence-corrected chi connectivity index (χ3v) is 2.25. The molecule has 0 aliphatic rings. The van der Waals surface area contributed by atoms with E-state index in [1.165, 1.54) is 12.5 Å². The summed E-state index contributed by atoms with van der Waals surface area (Å²) in [7, 11) is 3.79. The monoisotopic (exact) mass is 249 g/mol. The Labute approximate surface area is 105 Å². The molecule has 1 aromatic heterocycles. The van der Waals surface area contributed by atoms with E-state index in [1.807, 2.05) is 25.1 Å². The third kappa shape index (κ3) is 3.99. The second-order valence-electron chi connectivity index (χ2n) is 3.99. The molecule has 0 saturated heterocycles. The highest BCUT2D eigenvalue weighted by Crippen LogP contribution is 2.14. The molecule has 0 amide bonds. The van der Waals surface area contributed by atoms with Gasteiger partial charge in [-0.1, -0.05) is 0 Å². The zero-order valence-corrected chi connectivity index (χ0v) is 10.4. The number of carboxylic acid groups (broad SMARTS) is 1. The minimum Gasteiger partial charge on any atom is -0.480 e. The molecule has 0 atom stereocenters. The van der Waals surface area contributed by atoms with Crippen molar-refractivity contribution < 1.29 is 9.90 Å². The Morgan fingerprint density at radius 2 is 2.22 bits per heavy atom. The summed E-state index contributed by atoms with van der Waals surface area (Å²) in [6.07, 6.45) is 2.69. The van der Waals surface area contributed by atoms with Gasteiger partial charge in [-0.15, -0.1) is 0 Å². The van der Waals surface area contributed by atoms with E-state index in [9.17, 15) is 4.79 Å². The lowest BCUT2D eigenvalue weighted by Gasteiger charge is -2.23. The molecule has 0 aromatic carbocycles. The van der Waals surface area contributed by atoms with Gasteiger partial charge in [0.1, 0.15) is 24.5 Å². The molecule has 1 N–H and O–H groups in total. The van der Waals surface area contributed by atoms with Gasteiger partial charge in [-0.2, -0.15) is 5.26 Å². The van der Waals surface area contributed by atoms with Gasteiger partial charge in [0.2, 0.25) is 0 Å². The normalized spacial score (nSPS) is 10.1. The summed E-state index contributed by atoms with van der Waals surface area (Å²) >= 11 is 0. The average molecular weight is 249 g/mol. The fourth-order valence-corrected chi connectivity index (χ4v) is 1.40. The zero-order valence-electron chi connectivity index (χ0n) is 10.4. The van der Waals surface area contributed by atoms with Crippen LogP contribution in [0.1, 0.15) is 5.56 Å². The number of aromatic nitrogens is 2. The standard InChI is InChI=1S/C11H15N5O2/c1-15(2)3-4-16(7-10(17)18)11-9(5-12)6-13-8-14-11/h6,8H,3-4,7H2,1-2H3,(H,17,18). The Morgan fingerprint density at radius 1 is 1.50 bits per heavy atom. The van der Waals surface area contributed by atoms with Crippen molar-refractivity contribution >= 4 is 11.8 Å². The molecule has 1 rings (SSSR count). The van der Waals surface area contributed by atoms with Crippen LogP contribution >= 0.6 is 0 Å². The molecule has 0 saturated carbocycles. The van der Waals surface area contributed by atoms with Crippen LogP contribution in [0.2, 0.25) is 0 Å². The molecule has 0 radical (unpaired) electrons. The highest BCUT2D eigenvalue weighted by molar-refractivity contribution is 5.74. The Morgan fingerprint density at radius 3 is 2.78 bits per heavy atom. The third-order valence-electron chi connectivity index (χ3n) is 2.25. The summed E-state index contributed by atoms with van der Waals surface area (Å²) in [6, 6.07) is 1.96. The smallest absolute Gasteiger partial charge is 0.323 e. The molecule has 18 heavy (non-hydrogen) atoms. The maximum atomic E-state index is 10.8. The van der Waals surface area contributed by atoms with Crippen molar-refractivity contribution in [2.75, 3.05) is 38.6 Å². The molecule has 1 heterocycles. The fourth-order valence-electron chi connectivity index (χ4n) is 1.40. The summed E-state index contributed by atoms with van der Waals surface area (Å²) in [4.78, 5) is 22.1. The van der Waals surface area contributed by atoms with E-state index >= 15 is 0 Å². The molecule has 96 valence electrons. The van der Waals surface area contributed by atoms with Gasteiger partial charge in [0, 0.05) is 13.1 Å². The second kappa shape index (κ2) is 6.51. The van der Waals surface area contributed by atoms with Crippen molar-refractivity contribution in [3.05, 3.63) is 18.1 Å². The maximum absolute atomic E-state index is 10.8. The Bertz CT molecular complexity index is 455. The largest absolute Gasteiger partial charge is 0.480 e. The summed E-state index contributed by atoms with van der Waals surface area (Å²) < 4.78 is 0. The van der Waals surface area contributed by atoms with Crippen LogP contribution in [0.3, 0.4) is 0 Å². The van der Waals surface area contributed by atoms with E-state index in [0.717, 1.165) is 0 Å². The lowest BCUT2D eigenvalue weighted by Crippen LogP contribution is -2.36. The molecule has 0 aliphatic carbocycles. The van der Waals surface area contributed by atoms with Crippen LogP contribution in [-0.2, 0) is 4.79 Å². The maximum Gasteiger partial charge on any atom is 0.323 e. The highest BCUT2D eigenvalue weighted by atomic mass is 16.4. The summed E-state index contributed by atoms with van der Waals surface area (Å²) in [5.74, 6) is -0.604. The second-order valence-corrected chi connectivity index (χ2v) is 3.99. The number of nitriles is 1. The quantitative estimate of drug-likeness (QED) is 0.746. The Balaban J connectivity index is 2.94. The van der Waals surface area contributed by atoms with Crippen molar-refractivity contribution in [3.8, 4) is 6.07 Å². The lowest BCUT2D eigenvalue weighted by molar-refractivity contribution is -0.135. The van der Waals surface area contributed by atoms with E-state index in [1.54, 1.807) is 4.90 Å². The summed E-state index contributed by atoms with van der Waals surface area (Å²) in [5.41, 5.74) is 0.275. The number of hydrogen-bond acceptors (Lipinski definition) is 6. The summed E-state index contributed by atoms with van der Waals surface area (Å²) in [5, 5.41) is 17.9. The molecule has 0 unspecified atom stereocenters. The number of aliphatic carboxylic acids is 1. The zero-order chi connectivity index (χ0) is 13.5. The Hall–Kier alpha value is -2.20. The van der Waals surface area contributed by atoms with Crippen LogP contribution in [0.25, 0.3) is 0 Å². The van der Waals surface area contributed by atoms with Crippen LogP contribution in [-0.4, -0.2) is 59.7 Å². The van der Waals surface area contributed by atoms with Gasteiger partial charge in [-0.05, 0) is 14.1 Å². The average Bonchev–Trinajstić information content (AvgIpc) is 2.33. The topological polar surface area (TPSA) is 93.3 Å². The molecule has 7 nitrogen and oxygen atoms in total. The van der Waals surface area contributed by atoms with Crippen LogP contribution in [0, 0.1) is 11.3 Å². The van der Waals surface area contributed by atoms with Crippen molar-refractivity contribution in [1.29, 1.82) is 5.26 Å². The van der Waals surface area contributed by atoms with E-state index < -0.39 is 5.97 Å². The van der Waals surface area contributed by atoms with Crippen LogP contribution < -0.4 is 4.90 Å². The van der Waals surface area contributed by atoms with Gasteiger partial charge in [0.05, 0.1) is 6.20 Å². The van der Waals surface area contributed by atoms with Crippen LogP contribution in [0.5, 0.6) is 0 Å². The van der Waals surface area contributed by atoms with E-state index in [2.05, 4.69) is 9.97 Å². The van der Waals surface area contributed by atoms with Gasteiger partial charge in [-0.25, -0.2) is 9.97 Å². The first kappa shape index (κ1) is 13.9. The van der Waals surface area contributed by atoms with E-state index in [0.29, 0.717) is 18.9 Å². The van der Waals surface area contributed by atoms with E-state index in [4.69, 9.17) is 10.4 Å². The van der Waals surface area contributed by atoms with Crippen LogP contribution in [0.4, 0.5) is 5.82 Å². The fraction of sp³-hybridized carbons (Fsp3) is 0.455. The first-order valence-electron chi connectivity index (χ1n) is 5.36. The first-order chi connectivity index (χ1) is 8.54. The van der Waals surface area contributed by atoms with Crippen molar-refractivity contribution in [3.63, 3.8) is 0 Å². The molecule has 1 aromatic rings. The number of likely N-dealkylation sites (N-methyl/N-ethyl adjacent to an activating group) is 1. The molecular weight excluding hydrogens is 234 g/mol. The molecule has 0 spiro atoms. The predicted octanol–water partition coefficient (Wildman–Crippen LogP) is -0.199. The molecule has 0 bridgehead atoms. The number of nitrogens with zero attached hydrogens (tertiary/aromatic N) is 5. The SMILES string of the molecule is CN(C)CCN(CC(=O)O)c1ncncc1C#N. The van der Waals surface area contributed by atoms with Crippen molar-refractivity contribution in [2.45, 2.75) is 0 Å². The van der Waals surface area contributed by atoms with Gasteiger partial charge < -0.3 is 14.9 Å². The van der Waals surface area contributed by atoms with Gasteiger partial charge in [-0.3, -0.25) is 4.79 Å². The van der Waals surface area contributed by atoms with Crippen LogP contribution in [0.15, 0.2) is 12.5 Å². The molecule has 7 heteroatoms. The Kier molecular flexibility index (Phi) is 5.02. The molecular formula is C11H15N5O2. The minimum atomic E-state index is -0.962. The van der Waals surface area contributed by atoms with E-state index in [-0.39, 0.29) is 12.1 Å². The first-order valence-corrected chi connectivity index (χ1v) is 5.36. The van der Waals surface area contributed by atoms with Crippen molar-refractivity contribution in [2.24, 2.45) is 0 Å². The lowest BCUT2D eigenvalue weighted by atomic mass is 10.3. The number of hydrogen-bond donors (Lipinski definition) is 1. The predicted molar refractivity (Wildman–Crippen MR) is 65.1 cm³/mol. The number of carbonyl (C=O) groups is 1. The minimum absolute atomic E-state index is 0.195. The van der Waals surface area contributed by atoms with Gasteiger partial charge in [0.15, 0.2) is 5.82 Å². The molecule has 0 fully saturated rings. The number of anilines is 1.